The average Bonchev–Trinajstić information content (AvgIpc) is 3.19. The number of fused-ring (bicyclic) bond motifs is 1. The van der Waals surface area contributed by atoms with E-state index in [2.05, 4.69) is 9.88 Å². The third-order valence-electron chi connectivity index (χ3n) is 4.89. The number of aliphatic hydroxyl groups excluding tert-OH is 1. The number of oxazole rings is 1. The number of hydrogen-bond donors (Lipinski definition) is 1. The van der Waals surface area contributed by atoms with Gasteiger partial charge < -0.3 is 9.52 Å². The number of likely N-dealkylation sites (tertiary alicyclic amines) is 1. The van der Waals surface area contributed by atoms with Gasteiger partial charge in [-0.05, 0) is 37.1 Å². The molecule has 5 heteroatoms. The maximum Gasteiger partial charge on any atom is 0.236 e. The lowest BCUT2D eigenvalue weighted by Gasteiger charge is -2.16. The highest BCUT2D eigenvalue weighted by Gasteiger charge is 2.41. The molecule has 0 amide bonds. The standard InChI is InChI=1S/C16H20N2O2S/c1-10-13(17-16(20-10)15-3-2-6-21-15)9-18-7-11-4-5-14(19)12(11)8-18/h2-3,6,11-12,14,19H,4-5,7-9H2,1H3. The first-order chi connectivity index (χ1) is 10.2. The van der Waals surface area contributed by atoms with Crippen LogP contribution in [0.4, 0.5) is 0 Å². The van der Waals surface area contributed by atoms with Gasteiger partial charge in [-0.25, -0.2) is 4.98 Å². The Balaban J connectivity index is 1.48. The first-order valence-corrected chi connectivity index (χ1v) is 8.49. The minimum atomic E-state index is -0.0971. The van der Waals surface area contributed by atoms with Crippen molar-refractivity contribution in [1.82, 2.24) is 9.88 Å². The second kappa shape index (κ2) is 5.23. The van der Waals surface area contributed by atoms with E-state index in [4.69, 9.17) is 4.42 Å². The Kier molecular flexibility index (Phi) is 3.36. The molecule has 0 radical (unpaired) electrons. The summed E-state index contributed by atoms with van der Waals surface area (Å²) in [6.45, 7) is 4.90. The van der Waals surface area contributed by atoms with Crippen molar-refractivity contribution in [3.05, 3.63) is 29.0 Å². The molecule has 0 spiro atoms. The zero-order chi connectivity index (χ0) is 14.4. The highest BCUT2D eigenvalue weighted by Crippen LogP contribution is 2.38. The van der Waals surface area contributed by atoms with E-state index in [1.165, 1.54) is 6.42 Å². The van der Waals surface area contributed by atoms with Crippen LogP contribution in [0.15, 0.2) is 21.9 Å². The zero-order valence-corrected chi connectivity index (χ0v) is 13.0. The molecule has 3 unspecified atom stereocenters. The molecule has 4 rings (SSSR count). The molecule has 4 nitrogen and oxygen atoms in total. The molecule has 1 saturated heterocycles. The lowest BCUT2D eigenvalue weighted by molar-refractivity contribution is 0.123. The third kappa shape index (κ3) is 2.43. The van der Waals surface area contributed by atoms with Crippen LogP contribution < -0.4 is 0 Å². The van der Waals surface area contributed by atoms with Crippen LogP contribution in [-0.2, 0) is 6.54 Å². The van der Waals surface area contributed by atoms with Crippen LogP contribution >= 0.6 is 11.3 Å². The van der Waals surface area contributed by atoms with Crippen molar-refractivity contribution >= 4 is 11.3 Å². The summed E-state index contributed by atoms with van der Waals surface area (Å²) < 4.78 is 5.81. The van der Waals surface area contributed by atoms with Gasteiger partial charge in [-0.1, -0.05) is 6.07 Å². The molecule has 2 aliphatic rings. The van der Waals surface area contributed by atoms with Crippen molar-refractivity contribution in [2.45, 2.75) is 32.4 Å². The van der Waals surface area contributed by atoms with E-state index in [1.807, 2.05) is 24.4 Å². The van der Waals surface area contributed by atoms with E-state index < -0.39 is 0 Å². The fourth-order valence-electron chi connectivity index (χ4n) is 3.75. The van der Waals surface area contributed by atoms with Gasteiger partial charge in [-0.2, -0.15) is 0 Å². The number of thiophene rings is 1. The van der Waals surface area contributed by atoms with E-state index in [0.29, 0.717) is 11.8 Å². The molecule has 112 valence electrons. The molecule has 1 N–H and O–H groups in total. The zero-order valence-electron chi connectivity index (χ0n) is 12.2. The fraction of sp³-hybridized carbons (Fsp3) is 0.562. The molecule has 2 aromatic rings. The van der Waals surface area contributed by atoms with Gasteiger partial charge >= 0.3 is 0 Å². The van der Waals surface area contributed by atoms with Gasteiger partial charge in [0.25, 0.3) is 0 Å². The summed E-state index contributed by atoms with van der Waals surface area (Å²) >= 11 is 1.65. The number of hydrogen-bond acceptors (Lipinski definition) is 5. The first-order valence-electron chi connectivity index (χ1n) is 7.61. The number of aryl methyl sites for hydroxylation is 1. The Morgan fingerprint density at radius 1 is 1.43 bits per heavy atom. The van der Waals surface area contributed by atoms with Crippen molar-refractivity contribution in [2.75, 3.05) is 13.1 Å². The first kappa shape index (κ1) is 13.5. The Morgan fingerprint density at radius 3 is 3.10 bits per heavy atom. The summed E-state index contributed by atoms with van der Waals surface area (Å²) in [5, 5.41) is 12.0. The summed E-state index contributed by atoms with van der Waals surface area (Å²) in [6, 6.07) is 4.05. The van der Waals surface area contributed by atoms with E-state index >= 15 is 0 Å². The monoisotopic (exact) mass is 304 g/mol. The molecule has 2 fully saturated rings. The van der Waals surface area contributed by atoms with Gasteiger partial charge in [0.2, 0.25) is 5.89 Å². The van der Waals surface area contributed by atoms with Gasteiger partial charge in [0.1, 0.15) is 5.76 Å². The molecule has 1 saturated carbocycles. The van der Waals surface area contributed by atoms with Crippen molar-refractivity contribution < 1.29 is 9.52 Å². The van der Waals surface area contributed by atoms with Crippen LogP contribution in [-0.4, -0.2) is 34.2 Å². The topological polar surface area (TPSA) is 49.5 Å². The normalized spacial score (nSPS) is 29.1. The van der Waals surface area contributed by atoms with Crippen molar-refractivity contribution in [2.24, 2.45) is 11.8 Å². The quantitative estimate of drug-likeness (QED) is 0.947. The maximum absolute atomic E-state index is 10.0. The Hall–Kier alpha value is -1.17. The van der Waals surface area contributed by atoms with Crippen molar-refractivity contribution in [1.29, 1.82) is 0 Å². The lowest BCUT2D eigenvalue weighted by Crippen LogP contribution is -2.24. The van der Waals surface area contributed by atoms with Crippen LogP contribution in [0.5, 0.6) is 0 Å². The van der Waals surface area contributed by atoms with Crippen LogP contribution in [0.25, 0.3) is 10.8 Å². The predicted molar refractivity (Wildman–Crippen MR) is 82.1 cm³/mol. The summed E-state index contributed by atoms with van der Waals surface area (Å²) in [5.74, 6) is 2.78. The number of nitrogens with zero attached hydrogens (tertiary/aromatic N) is 2. The number of aromatic nitrogens is 1. The van der Waals surface area contributed by atoms with Gasteiger partial charge in [-0.3, -0.25) is 4.90 Å². The molecule has 2 aromatic heterocycles. The van der Waals surface area contributed by atoms with E-state index in [0.717, 1.165) is 48.3 Å². The van der Waals surface area contributed by atoms with Crippen LogP contribution in [0.3, 0.4) is 0 Å². The smallest absolute Gasteiger partial charge is 0.236 e. The average molecular weight is 304 g/mol. The second-order valence-electron chi connectivity index (χ2n) is 6.26. The van der Waals surface area contributed by atoms with Gasteiger partial charge in [0, 0.05) is 25.6 Å². The Labute approximate surface area is 128 Å². The molecule has 3 heterocycles. The largest absolute Gasteiger partial charge is 0.440 e. The molecular formula is C16H20N2O2S. The Bertz CT molecular complexity index is 622. The molecule has 21 heavy (non-hydrogen) atoms. The molecule has 0 aromatic carbocycles. The third-order valence-corrected chi connectivity index (χ3v) is 5.75. The maximum atomic E-state index is 10.0. The van der Waals surface area contributed by atoms with E-state index in [1.54, 1.807) is 11.3 Å². The minimum Gasteiger partial charge on any atom is -0.440 e. The fourth-order valence-corrected chi connectivity index (χ4v) is 4.40. The lowest BCUT2D eigenvalue weighted by atomic mass is 10.00. The van der Waals surface area contributed by atoms with Crippen molar-refractivity contribution in [3.63, 3.8) is 0 Å². The molecule has 0 bridgehead atoms. The summed E-state index contributed by atoms with van der Waals surface area (Å²) in [7, 11) is 0. The summed E-state index contributed by atoms with van der Waals surface area (Å²) in [6.07, 6.45) is 2.05. The number of aliphatic hydroxyl groups is 1. The van der Waals surface area contributed by atoms with Gasteiger partial charge in [0.15, 0.2) is 0 Å². The summed E-state index contributed by atoms with van der Waals surface area (Å²) in [4.78, 5) is 8.17. The molecule has 1 aliphatic carbocycles. The highest BCUT2D eigenvalue weighted by atomic mass is 32.1. The summed E-state index contributed by atoms with van der Waals surface area (Å²) in [5.41, 5.74) is 1.04. The minimum absolute atomic E-state index is 0.0971. The van der Waals surface area contributed by atoms with E-state index in [-0.39, 0.29) is 6.10 Å². The highest BCUT2D eigenvalue weighted by molar-refractivity contribution is 7.13. The second-order valence-corrected chi connectivity index (χ2v) is 7.21. The molecule has 1 aliphatic heterocycles. The predicted octanol–water partition coefficient (Wildman–Crippen LogP) is 2.91. The van der Waals surface area contributed by atoms with E-state index in [9.17, 15) is 5.11 Å². The van der Waals surface area contributed by atoms with Crippen LogP contribution in [0, 0.1) is 18.8 Å². The molecular weight excluding hydrogens is 284 g/mol. The van der Waals surface area contributed by atoms with Crippen LogP contribution in [0.2, 0.25) is 0 Å². The van der Waals surface area contributed by atoms with Gasteiger partial charge in [0.05, 0.1) is 16.7 Å². The van der Waals surface area contributed by atoms with Crippen molar-refractivity contribution in [3.8, 4) is 10.8 Å². The number of rotatable bonds is 3. The SMILES string of the molecule is Cc1oc(-c2cccs2)nc1CN1CC2CCC(O)C2C1. The van der Waals surface area contributed by atoms with Gasteiger partial charge in [-0.15, -0.1) is 11.3 Å². The van der Waals surface area contributed by atoms with Crippen LogP contribution in [0.1, 0.15) is 24.3 Å². The molecule has 3 atom stereocenters. The Morgan fingerprint density at radius 2 is 2.33 bits per heavy atom.